The Kier molecular flexibility index (Phi) is 4.37. The Morgan fingerprint density at radius 2 is 2.10 bits per heavy atom. The van der Waals surface area contributed by atoms with E-state index in [9.17, 15) is 0 Å². The van der Waals surface area contributed by atoms with E-state index in [1.165, 1.54) is 12.8 Å². The lowest BCUT2D eigenvalue weighted by Gasteiger charge is -2.14. The summed E-state index contributed by atoms with van der Waals surface area (Å²) < 4.78 is 11.3. The molecule has 1 aliphatic carbocycles. The van der Waals surface area contributed by atoms with Gasteiger partial charge in [-0.25, -0.2) is 0 Å². The first kappa shape index (κ1) is 14.0. The molecule has 0 aromatic heterocycles. The highest BCUT2D eigenvalue weighted by atomic mass is 35.5. The molecule has 1 unspecified atom stereocenters. The van der Waals surface area contributed by atoms with E-state index in [2.05, 4.69) is 12.2 Å². The van der Waals surface area contributed by atoms with Crippen LogP contribution >= 0.6 is 11.6 Å². The summed E-state index contributed by atoms with van der Waals surface area (Å²) in [6, 6.07) is 4.02. The average molecular weight is 296 g/mol. The number of halogens is 1. The topological polar surface area (TPSA) is 30.5 Å². The fraction of sp³-hybridized carbons (Fsp3) is 0.625. The van der Waals surface area contributed by atoms with Gasteiger partial charge in [0.05, 0.1) is 18.2 Å². The molecule has 1 saturated carbocycles. The molecule has 0 amide bonds. The van der Waals surface area contributed by atoms with Crippen LogP contribution in [0.3, 0.4) is 0 Å². The lowest BCUT2D eigenvalue weighted by molar-refractivity contribution is 0.297. The predicted molar refractivity (Wildman–Crippen MR) is 80.7 cm³/mol. The number of hydrogen-bond acceptors (Lipinski definition) is 3. The zero-order chi connectivity index (χ0) is 13.9. The van der Waals surface area contributed by atoms with Crippen LogP contribution in [0.5, 0.6) is 11.5 Å². The molecule has 1 aromatic carbocycles. The standard InChI is InChI=1S/C16H22ClNO2/c1-11(13-3-4-13)9-18-10-12-7-14(17)16-15(8-12)19-5-2-6-20-16/h7-8,11,13,18H,2-6,9-10H2,1H3. The molecule has 4 heteroatoms. The van der Waals surface area contributed by atoms with Crippen LogP contribution in [0.15, 0.2) is 12.1 Å². The first-order chi connectivity index (χ1) is 9.74. The van der Waals surface area contributed by atoms with Gasteiger partial charge in [0.2, 0.25) is 0 Å². The van der Waals surface area contributed by atoms with Gasteiger partial charge in [-0.15, -0.1) is 0 Å². The Bertz CT molecular complexity index is 474. The lowest BCUT2D eigenvalue weighted by Crippen LogP contribution is -2.21. The molecule has 3 nitrogen and oxygen atoms in total. The summed E-state index contributed by atoms with van der Waals surface area (Å²) >= 11 is 6.29. The number of rotatable bonds is 5. The normalized spacial score (nSPS) is 19.5. The first-order valence-electron chi connectivity index (χ1n) is 7.53. The van der Waals surface area contributed by atoms with Crippen LogP contribution in [0.1, 0.15) is 31.7 Å². The Labute approximate surface area is 125 Å². The molecule has 0 spiro atoms. The molecule has 2 aliphatic rings. The first-order valence-corrected chi connectivity index (χ1v) is 7.90. The van der Waals surface area contributed by atoms with Crippen molar-refractivity contribution in [3.63, 3.8) is 0 Å². The van der Waals surface area contributed by atoms with E-state index in [-0.39, 0.29) is 0 Å². The van der Waals surface area contributed by atoms with Crippen molar-refractivity contribution in [3.05, 3.63) is 22.7 Å². The molecule has 3 rings (SSSR count). The number of fused-ring (bicyclic) bond motifs is 1. The van der Waals surface area contributed by atoms with E-state index >= 15 is 0 Å². The van der Waals surface area contributed by atoms with Crippen molar-refractivity contribution in [2.45, 2.75) is 32.7 Å². The van der Waals surface area contributed by atoms with Gasteiger partial charge in [0.15, 0.2) is 11.5 Å². The van der Waals surface area contributed by atoms with Gasteiger partial charge in [-0.1, -0.05) is 18.5 Å². The lowest BCUT2D eigenvalue weighted by atomic mass is 10.1. The molecule has 0 bridgehead atoms. The van der Waals surface area contributed by atoms with E-state index < -0.39 is 0 Å². The molecule has 1 aromatic rings. The van der Waals surface area contributed by atoms with Crippen LogP contribution in [0.4, 0.5) is 0 Å². The number of ether oxygens (including phenoxy) is 2. The van der Waals surface area contributed by atoms with Crippen LogP contribution < -0.4 is 14.8 Å². The Morgan fingerprint density at radius 3 is 2.90 bits per heavy atom. The maximum absolute atomic E-state index is 6.29. The van der Waals surface area contributed by atoms with Crippen molar-refractivity contribution in [1.82, 2.24) is 5.32 Å². The van der Waals surface area contributed by atoms with E-state index in [4.69, 9.17) is 21.1 Å². The van der Waals surface area contributed by atoms with Crippen LogP contribution in [0.25, 0.3) is 0 Å². The summed E-state index contributed by atoms with van der Waals surface area (Å²) in [6.45, 7) is 5.58. The molecular formula is C16H22ClNO2. The third kappa shape index (κ3) is 3.39. The van der Waals surface area contributed by atoms with Gasteiger partial charge in [-0.2, -0.15) is 0 Å². The van der Waals surface area contributed by atoms with Crippen LogP contribution in [0, 0.1) is 11.8 Å². The molecule has 20 heavy (non-hydrogen) atoms. The minimum Gasteiger partial charge on any atom is -0.489 e. The summed E-state index contributed by atoms with van der Waals surface area (Å²) in [6.07, 6.45) is 3.70. The van der Waals surface area contributed by atoms with Crippen LogP contribution in [-0.2, 0) is 6.54 Å². The third-order valence-electron chi connectivity index (χ3n) is 4.08. The van der Waals surface area contributed by atoms with Crippen molar-refractivity contribution in [3.8, 4) is 11.5 Å². The van der Waals surface area contributed by atoms with Crippen molar-refractivity contribution < 1.29 is 9.47 Å². The molecule has 1 fully saturated rings. The van der Waals surface area contributed by atoms with E-state index in [0.29, 0.717) is 24.0 Å². The van der Waals surface area contributed by atoms with Gasteiger partial charge < -0.3 is 14.8 Å². The summed E-state index contributed by atoms with van der Waals surface area (Å²) in [4.78, 5) is 0. The second kappa shape index (κ2) is 6.23. The number of hydrogen-bond donors (Lipinski definition) is 1. The number of nitrogens with one attached hydrogen (secondary N) is 1. The quantitative estimate of drug-likeness (QED) is 0.900. The summed E-state index contributed by atoms with van der Waals surface area (Å²) in [5, 5.41) is 4.17. The molecular weight excluding hydrogens is 274 g/mol. The fourth-order valence-corrected chi connectivity index (χ4v) is 2.95. The van der Waals surface area contributed by atoms with Crippen molar-refractivity contribution in [2.24, 2.45) is 11.8 Å². The zero-order valence-corrected chi connectivity index (χ0v) is 12.7. The molecule has 1 atom stereocenters. The minimum absolute atomic E-state index is 0.649. The van der Waals surface area contributed by atoms with Gasteiger partial charge in [0.25, 0.3) is 0 Å². The van der Waals surface area contributed by atoms with Crippen molar-refractivity contribution in [2.75, 3.05) is 19.8 Å². The Balaban J connectivity index is 1.61. The maximum atomic E-state index is 6.29. The summed E-state index contributed by atoms with van der Waals surface area (Å²) in [5.41, 5.74) is 1.15. The maximum Gasteiger partial charge on any atom is 0.179 e. The van der Waals surface area contributed by atoms with E-state index in [1.54, 1.807) is 0 Å². The second-order valence-corrected chi connectivity index (χ2v) is 6.31. The van der Waals surface area contributed by atoms with Gasteiger partial charge in [-0.3, -0.25) is 0 Å². The Morgan fingerprint density at radius 1 is 1.30 bits per heavy atom. The van der Waals surface area contributed by atoms with Crippen LogP contribution in [0.2, 0.25) is 5.02 Å². The Hall–Kier alpha value is -0.930. The van der Waals surface area contributed by atoms with Gasteiger partial charge in [0.1, 0.15) is 0 Å². The van der Waals surface area contributed by atoms with Gasteiger partial charge >= 0.3 is 0 Å². The monoisotopic (exact) mass is 295 g/mol. The smallest absolute Gasteiger partial charge is 0.179 e. The fourth-order valence-electron chi connectivity index (χ4n) is 2.66. The van der Waals surface area contributed by atoms with Gasteiger partial charge in [-0.05, 0) is 48.9 Å². The molecule has 1 N–H and O–H groups in total. The largest absolute Gasteiger partial charge is 0.489 e. The third-order valence-corrected chi connectivity index (χ3v) is 4.36. The van der Waals surface area contributed by atoms with Crippen molar-refractivity contribution >= 4 is 11.6 Å². The van der Waals surface area contributed by atoms with Crippen molar-refractivity contribution in [1.29, 1.82) is 0 Å². The predicted octanol–water partition coefficient (Wildman–Crippen LogP) is 3.64. The SMILES string of the molecule is CC(CNCc1cc(Cl)c2c(c1)OCCCO2)C1CC1. The molecule has 110 valence electrons. The summed E-state index contributed by atoms with van der Waals surface area (Å²) in [5.74, 6) is 3.18. The molecule has 1 aliphatic heterocycles. The summed E-state index contributed by atoms with van der Waals surface area (Å²) in [7, 11) is 0. The highest BCUT2D eigenvalue weighted by molar-refractivity contribution is 6.32. The molecule has 0 radical (unpaired) electrons. The highest BCUT2D eigenvalue weighted by Gasteiger charge is 2.27. The second-order valence-electron chi connectivity index (χ2n) is 5.90. The minimum atomic E-state index is 0.649. The molecule has 1 heterocycles. The highest BCUT2D eigenvalue weighted by Crippen LogP contribution is 2.38. The average Bonchev–Trinajstić information content (AvgIpc) is 3.25. The zero-order valence-electron chi connectivity index (χ0n) is 12.0. The van der Waals surface area contributed by atoms with E-state index in [1.807, 2.05) is 12.1 Å². The molecule has 0 saturated heterocycles. The number of benzene rings is 1. The van der Waals surface area contributed by atoms with Crippen LogP contribution in [-0.4, -0.2) is 19.8 Å². The van der Waals surface area contributed by atoms with Gasteiger partial charge in [0, 0.05) is 13.0 Å². The van der Waals surface area contributed by atoms with E-state index in [0.717, 1.165) is 42.7 Å².